The number of piperidine rings is 1. The van der Waals surface area contributed by atoms with E-state index in [1.54, 1.807) is 23.1 Å². The van der Waals surface area contributed by atoms with E-state index in [2.05, 4.69) is 10.3 Å². The Morgan fingerprint density at radius 1 is 1.18 bits per heavy atom. The summed E-state index contributed by atoms with van der Waals surface area (Å²) in [5.41, 5.74) is 0.465. The van der Waals surface area contributed by atoms with E-state index in [-0.39, 0.29) is 18.7 Å². The first kappa shape index (κ1) is 20.4. The van der Waals surface area contributed by atoms with Crippen LogP contribution in [0.15, 0.2) is 23.2 Å². The number of benzene rings is 1. The van der Waals surface area contributed by atoms with Crippen molar-refractivity contribution in [1.29, 1.82) is 0 Å². The van der Waals surface area contributed by atoms with Crippen molar-refractivity contribution in [1.82, 2.24) is 5.32 Å². The lowest BCUT2D eigenvalue weighted by molar-refractivity contribution is -0.903. The minimum absolute atomic E-state index is 0.173. The van der Waals surface area contributed by atoms with Crippen LogP contribution in [0.4, 0.5) is 0 Å². The van der Waals surface area contributed by atoms with Crippen molar-refractivity contribution in [3.63, 3.8) is 0 Å². The van der Waals surface area contributed by atoms with Gasteiger partial charge < -0.3 is 23.8 Å². The van der Waals surface area contributed by atoms with Crippen LogP contribution in [0.2, 0.25) is 0 Å². The molecule has 0 bridgehead atoms. The minimum Gasteiger partial charge on any atom is -0.463 e. The zero-order valence-corrected chi connectivity index (χ0v) is 16.5. The van der Waals surface area contributed by atoms with Gasteiger partial charge in [0.25, 0.3) is 11.9 Å². The van der Waals surface area contributed by atoms with Gasteiger partial charge in [-0.2, -0.15) is 0 Å². The Balaban J connectivity index is 1.56. The molecule has 1 aromatic carbocycles. The molecule has 154 valence electrons. The largest absolute Gasteiger partial charge is 0.463 e. The third kappa shape index (κ3) is 6.10. The van der Waals surface area contributed by atoms with Gasteiger partial charge in [-0.05, 0) is 44.4 Å². The van der Waals surface area contributed by atoms with Crippen LogP contribution in [0.5, 0.6) is 11.5 Å². The predicted molar refractivity (Wildman–Crippen MR) is 104 cm³/mol. The molecular weight excluding hydrogens is 362 g/mol. The zero-order chi connectivity index (χ0) is 19.6. The van der Waals surface area contributed by atoms with E-state index in [0.29, 0.717) is 43.4 Å². The number of carbonyl (C=O) groups is 1. The van der Waals surface area contributed by atoms with E-state index in [9.17, 15) is 4.79 Å². The number of fused-ring (bicyclic) bond motifs is 1. The molecule has 0 aliphatic carbocycles. The van der Waals surface area contributed by atoms with Crippen molar-refractivity contribution in [2.45, 2.75) is 26.2 Å². The fourth-order valence-corrected chi connectivity index (χ4v) is 3.29. The summed E-state index contributed by atoms with van der Waals surface area (Å²) in [6.45, 7) is 7.46. The zero-order valence-electron chi connectivity index (χ0n) is 16.5. The summed E-state index contributed by atoms with van der Waals surface area (Å²) in [5.74, 6) is 0.916. The monoisotopic (exact) mass is 392 g/mol. The summed E-state index contributed by atoms with van der Waals surface area (Å²) in [6, 6.07) is 5.31. The Bertz CT molecular complexity index is 674. The first-order chi connectivity index (χ1) is 13.8. The van der Waals surface area contributed by atoms with Crippen molar-refractivity contribution in [3.8, 4) is 11.5 Å². The Morgan fingerprint density at radius 2 is 2.00 bits per heavy atom. The van der Waals surface area contributed by atoms with Gasteiger partial charge in [0.1, 0.15) is 6.61 Å². The molecule has 8 nitrogen and oxygen atoms in total. The quantitative estimate of drug-likeness (QED) is 0.385. The van der Waals surface area contributed by atoms with Gasteiger partial charge in [-0.15, -0.1) is 0 Å². The third-order valence-electron chi connectivity index (χ3n) is 4.81. The lowest BCUT2D eigenvalue weighted by Crippen LogP contribution is -3.13. The van der Waals surface area contributed by atoms with Crippen LogP contribution < -0.4 is 19.7 Å². The van der Waals surface area contributed by atoms with Crippen molar-refractivity contribution >= 4 is 11.9 Å². The van der Waals surface area contributed by atoms with Crippen LogP contribution in [0.1, 0.15) is 36.5 Å². The summed E-state index contributed by atoms with van der Waals surface area (Å²) in [6.07, 6.45) is 3.87. The SMILES string of the molecule is CCOCCOC(=NCC[NH+]1CCCCC1)NC(=O)c1ccc2c(c1)OCO2. The van der Waals surface area contributed by atoms with Gasteiger partial charge >= 0.3 is 0 Å². The van der Waals surface area contributed by atoms with Gasteiger partial charge in [-0.1, -0.05) is 0 Å². The van der Waals surface area contributed by atoms with Crippen molar-refractivity contribution in [3.05, 3.63) is 23.8 Å². The molecule has 0 atom stereocenters. The number of nitrogens with one attached hydrogen (secondary N) is 2. The Kier molecular flexibility index (Phi) is 7.93. The maximum absolute atomic E-state index is 12.6. The fraction of sp³-hybridized carbons (Fsp3) is 0.600. The molecule has 1 saturated heterocycles. The van der Waals surface area contributed by atoms with Gasteiger partial charge in [0.2, 0.25) is 6.79 Å². The van der Waals surface area contributed by atoms with Gasteiger partial charge in [-0.25, -0.2) is 4.99 Å². The van der Waals surface area contributed by atoms with E-state index < -0.39 is 0 Å². The maximum Gasteiger partial charge on any atom is 0.291 e. The van der Waals surface area contributed by atoms with Crippen LogP contribution in [-0.2, 0) is 9.47 Å². The van der Waals surface area contributed by atoms with E-state index in [1.165, 1.54) is 32.4 Å². The summed E-state index contributed by atoms with van der Waals surface area (Å²) in [4.78, 5) is 18.6. The van der Waals surface area contributed by atoms with E-state index in [4.69, 9.17) is 18.9 Å². The lowest BCUT2D eigenvalue weighted by Gasteiger charge is -2.22. The van der Waals surface area contributed by atoms with Crippen LogP contribution >= 0.6 is 0 Å². The predicted octanol–water partition coefficient (Wildman–Crippen LogP) is 0.623. The van der Waals surface area contributed by atoms with Crippen LogP contribution in [0.3, 0.4) is 0 Å². The average molecular weight is 392 g/mol. The second-order valence-corrected chi connectivity index (χ2v) is 6.82. The minimum atomic E-state index is -0.293. The number of amidine groups is 1. The van der Waals surface area contributed by atoms with Gasteiger partial charge in [0, 0.05) is 12.2 Å². The number of carbonyl (C=O) groups excluding carboxylic acids is 1. The van der Waals surface area contributed by atoms with Gasteiger partial charge in [-0.3, -0.25) is 10.1 Å². The highest BCUT2D eigenvalue weighted by Gasteiger charge is 2.18. The molecule has 28 heavy (non-hydrogen) atoms. The number of likely N-dealkylation sites (tertiary alicyclic amines) is 1. The Morgan fingerprint density at radius 3 is 2.82 bits per heavy atom. The van der Waals surface area contributed by atoms with Gasteiger partial charge in [0.05, 0.1) is 32.8 Å². The number of amides is 1. The molecule has 8 heteroatoms. The molecule has 1 fully saturated rings. The molecule has 2 heterocycles. The number of aliphatic imine (C=N–C) groups is 1. The molecule has 1 aromatic rings. The van der Waals surface area contributed by atoms with Crippen molar-refractivity contribution in [2.24, 2.45) is 4.99 Å². The first-order valence-electron chi connectivity index (χ1n) is 10.1. The summed E-state index contributed by atoms with van der Waals surface area (Å²) >= 11 is 0. The second-order valence-electron chi connectivity index (χ2n) is 6.82. The molecule has 0 radical (unpaired) electrons. The molecule has 0 unspecified atom stereocenters. The fourth-order valence-electron chi connectivity index (χ4n) is 3.29. The Hall–Kier alpha value is -2.32. The Labute approximate surface area is 165 Å². The lowest BCUT2D eigenvalue weighted by atomic mass is 10.1. The highest BCUT2D eigenvalue weighted by molar-refractivity contribution is 6.04. The van der Waals surface area contributed by atoms with E-state index in [0.717, 1.165) is 6.54 Å². The standard InChI is InChI=1S/C20H29N3O5/c1-2-25-12-13-26-20(21-8-11-23-9-4-3-5-10-23)22-19(24)16-6-7-17-18(14-16)28-15-27-17/h6-7,14H,2-5,8-13,15H2,1H3,(H,21,22,24)/p+1. The molecule has 2 aliphatic rings. The molecule has 1 amide bonds. The topological polar surface area (TPSA) is 82.8 Å². The summed E-state index contributed by atoms with van der Waals surface area (Å²) in [5, 5.41) is 2.77. The molecule has 3 rings (SSSR count). The maximum atomic E-state index is 12.6. The third-order valence-corrected chi connectivity index (χ3v) is 4.81. The van der Waals surface area contributed by atoms with E-state index >= 15 is 0 Å². The van der Waals surface area contributed by atoms with Gasteiger partial charge in [0.15, 0.2) is 11.5 Å². The van der Waals surface area contributed by atoms with E-state index in [1.807, 2.05) is 6.92 Å². The van der Waals surface area contributed by atoms with Crippen LogP contribution in [0, 0.1) is 0 Å². The summed E-state index contributed by atoms with van der Waals surface area (Å²) in [7, 11) is 0. The molecule has 2 aliphatic heterocycles. The highest BCUT2D eigenvalue weighted by Crippen LogP contribution is 2.32. The first-order valence-corrected chi connectivity index (χ1v) is 10.1. The molecular formula is C20H30N3O5+. The average Bonchev–Trinajstić information content (AvgIpc) is 3.19. The number of nitrogens with zero attached hydrogens (tertiary/aromatic N) is 1. The van der Waals surface area contributed by atoms with Crippen molar-refractivity contribution < 1.29 is 28.6 Å². The second kappa shape index (κ2) is 10.9. The number of ether oxygens (including phenoxy) is 4. The molecule has 0 aromatic heterocycles. The van der Waals surface area contributed by atoms with Crippen LogP contribution in [0.25, 0.3) is 0 Å². The number of hydrogen-bond donors (Lipinski definition) is 2. The normalized spacial score (nSPS) is 16.8. The number of rotatable bonds is 8. The van der Waals surface area contributed by atoms with Crippen molar-refractivity contribution in [2.75, 3.05) is 52.8 Å². The number of quaternary nitrogens is 1. The molecule has 0 saturated carbocycles. The highest BCUT2D eigenvalue weighted by atomic mass is 16.7. The number of hydrogen-bond acceptors (Lipinski definition) is 6. The summed E-state index contributed by atoms with van der Waals surface area (Å²) < 4.78 is 21.6. The van der Waals surface area contributed by atoms with Crippen LogP contribution in [-0.4, -0.2) is 64.7 Å². The molecule has 2 N–H and O–H groups in total. The molecule has 0 spiro atoms. The smallest absolute Gasteiger partial charge is 0.291 e.